The molecule has 0 spiro atoms. The monoisotopic (exact) mass is 414 g/mol. The molecule has 0 saturated carbocycles. The highest BCUT2D eigenvalue weighted by atomic mass is 35.5. The second kappa shape index (κ2) is 8.04. The molecule has 0 aliphatic rings. The van der Waals surface area contributed by atoms with Gasteiger partial charge in [0.1, 0.15) is 0 Å². The van der Waals surface area contributed by atoms with E-state index < -0.39 is 10.0 Å². The molecular weight excluding hydrogens is 396 g/mol. The van der Waals surface area contributed by atoms with Gasteiger partial charge in [-0.3, -0.25) is 9.10 Å². The summed E-state index contributed by atoms with van der Waals surface area (Å²) in [5.74, 6) is -0.260. The highest BCUT2D eigenvalue weighted by Crippen LogP contribution is 2.24. The molecule has 28 heavy (non-hydrogen) atoms. The van der Waals surface area contributed by atoms with Gasteiger partial charge in [0.25, 0.3) is 15.9 Å². The van der Waals surface area contributed by atoms with E-state index in [0.29, 0.717) is 16.3 Å². The summed E-state index contributed by atoms with van der Waals surface area (Å²) in [6.45, 7) is 1.91. The lowest BCUT2D eigenvalue weighted by Crippen LogP contribution is -2.26. The number of hydrogen-bond donors (Lipinski definition) is 1. The second-order valence-electron chi connectivity index (χ2n) is 6.24. The number of benzene rings is 3. The van der Waals surface area contributed by atoms with Crippen molar-refractivity contribution >= 4 is 38.9 Å². The smallest absolute Gasteiger partial charge is 0.264 e. The fourth-order valence-corrected chi connectivity index (χ4v) is 3.96. The minimum Gasteiger partial charge on any atom is -0.322 e. The number of nitrogens with one attached hydrogen (secondary N) is 1. The Bertz CT molecular complexity index is 1100. The summed E-state index contributed by atoms with van der Waals surface area (Å²) in [5.41, 5.74) is 2.58. The number of hydrogen-bond acceptors (Lipinski definition) is 3. The molecule has 3 rings (SSSR count). The number of carbonyl (C=O) groups is 1. The number of halogens is 1. The van der Waals surface area contributed by atoms with Gasteiger partial charge in [-0.1, -0.05) is 29.8 Å². The average Bonchev–Trinajstić information content (AvgIpc) is 2.69. The summed E-state index contributed by atoms with van der Waals surface area (Å²) in [5, 5.41) is 3.32. The molecule has 3 aromatic carbocycles. The van der Waals surface area contributed by atoms with Gasteiger partial charge in [-0.05, 0) is 67.1 Å². The first-order valence-corrected chi connectivity index (χ1v) is 10.3. The molecule has 0 unspecified atom stereocenters. The third-order valence-corrected chi connectivity index (χ3v) is 6.41. The highest BCUT2D eigenvalue weighted by Gasteiger charge is 2.21. The third kappa shape index (κ3) is 4.18. The molecule has 1 amide bonds. The summed E-state index contributed by atoms with van der Waals surface area (Å²) in [7, 11) is -2.26. The maximum Gasteiger partial charge on any atom is 0.264 e. The minimum absolute atomic E-state index is 0.140. The lowest BCUT2D eigenvalue weighted by molar-refractivity contribution is 0.102. The number of para-hydroxylation sites is 1. The van der Waals surface area contributed by atoms with Crippen molar-refractivity contribution in [3.05, 3.63) is 88.9 Å². The lowest BCUT2D eigenvalue weighted by atomic mass is 10.1. The van der Waals surface area contributed by atoms with Gasteiger partial charge in [-0.25, -0.2) is 8.42 Å². The fraction of sp³-hybridized carbons (Fsp3) is 0.0952. The van der Waals surface area contributed by atoms with Gasteiger partial charge in [0.15, 0.2) is 0 Å². The number of carbonyl (C=O) groups excluding carboxylic acids is 1. The molecule has 0 radical (unpaired) electrons. The van der Waals surface area contributed by atoms with E-state index in [4.69, 9.17) is 11.6 Å². The Kier molecular flexibility index (Phi) is 5.72. The van der Waals surface area contributed by atoms with Crippen molar-refractivity contribution < 1.29 is 13.2 Å². The molecule has 0 aliphatic carbocycles. The van der Waals surface area contributed by atoms with Gasteiger partial charge in [0.2, 0.25) is 0 Å². The number of aryl methyl sites for hydroxylation is 1. The van der Waals surface area contributed by atoms with Crippen LogP contribution in [0.25, 0.3) is 0 Å². The third-order valence-electron chi connectivity index (χ3n) is 4.36. The van der Waals surface area contributed by atoms with Crippen LogP contribution in [0.15, 0.2) is 77.7 Å². The first kappa shape index (κ1) is 19.9. The predicted octanol–water partition coefficient (Wildman–Crippen LogP) is 4.73. The summed E-state index contributed by atoms with van der Waals surface area (Å²) in [4.78, 5) is 12.6. The highest BCUT2D eigenvalue weighted by molar-refractivity contribution is 7.92. The molecule has 0 atom stereocenters. The average molecular weight is 415 g/mol. The van der Waals surface area contributed by atoms with Crippen LogP contribution in [-0.4, -0.2) is 21.4 Å². The van der Waals surface area contributed by atoms with Crippen molar-refractivity contribution in [1.82, 2.24) is 0 Å². The standard InChI is InChI=1S/C21H19ClN2O3S/c1-15-5-3-4-6-20(15)23-21(25)16-7-11-18(12-8-16)24(2)28(26,27)19-13-9-17(22)10-14-19/h3-14H,1-2H3,(H,23,25). The molecule has 0 bridgehead atoms. The molecule has 0 aliphatic heterocycles. The zero-order chi connectivity index (χ0) is 20.3. The molecule has 0 fully saturated rings. The second-order valence-corrected chi connectivity index (χ2v) is 8.65. The molecule has 0 aromatic heterocycles. The van der Waals surface area contributed by atoms with Crippen molar-refractivity contribution in [3.63, 3.8) is 0 Å². The van der Waals surface area contributed by atoms with Crippen LogP contribution in [0.5, 0.6) is 0 Å². The van der Waals surface area contributed by atoms with Crippen LogP contribution in [0.3, 0.4) is 0 Å². The van der Waals surface area contributed by atoms with Crippen molar-refractivity contribution in [2.45, 2.75) is 11.8 Å². The number of amides is 1. The Balaban J connectivity index is 1.79. The predicted molar refractivity (Wildman–Crippen MR) is 113 cm³/mol. The summed E-state index contributed by atoms with van der Waals surface area (Å²) >= 11 is 5.83. The van der Waals surface area contributed by atoms with Gasteiger partial charge in [0, 0.05) is 23.3 Å². The largest absolute Gasteiger partial charge is 0.322 e. The van der Waals surface area contributed by atoms with E-state index in [1.807, 2.05) is 31.2 Å². The van der Waals surface area contributed by atoms with Crippen LogP contribution >= 0.6 is 11.6 Å². The molecule has 3 aromatic rings. The van der Waals surface area contributed by atoms with Gasteiger partial charge in [-0.15, -0.1) is 0 Å². The Hall–Kier alpha value is -2.83. The topological polar surface area (TPSA) is 66.5 Å². The van der Waals surface area contributed by atoms with Crippen molar-refractivity contribution in [2.24, 2.45) is 0 Å². The molecule has 7 heteroatoms. The van der Waals surface area contributed by atoms with Crippen LogP contribution in [0, 0.1) is 6.92 Å². The molecule has 1 N–H and O–H groups in total. The van der Waals surface area contributed by atoms with Gasteiger partial charge in [0.05, 0.1) is 10.6 Å². The van der Waals surface area contributed by atoms with Crippen molar-refractivity contribution in [2.75, 3.05) is 16.7 Å². The molecule has 0 saturated heterocycles. The first-order chi connectivity index (χ1) is 13.3. The van der Waals surface area contributed by atoms with Crippen LogP contribution in [0.2, 0.25) is 5.02 Å². The van der Waals surface area contributed by atoms with E-state index in [1.165, 1.54) is 35.6 Å². The van der Waals surface area contributed by atoms with E-state index in [-0.39, 0.29) is 10.8 Å². The molecular formula is C21H19ClN2O3S. The molecule has 0 heterocycles. The number of anilines is 2. The van der Waals surface area contributed by atoms with E-state index in [0.717, 1.165) is 11.3 Å². The van der Waals surface area contributed by atoms with Crippen LogP contribution < -0.4 is 9.62 Å². The maximum absolute atomic E-state index is 12.7. The number of sulfonamides is 1. The van der Waals surface area contributed by atoms with Gasteiger partial charge in [-0.2, -0.15) is 0 Å². The molecule has 144 valence electrons. The Morgan fingerprint density at radius 1 is 0.929 bits per heavy atom. The fourth-order valence-electron chi connectivity index (χ4n) is 2.63. The quantitative estimate of drug-likeness (QED) is 0.656. The minimum atomic E-state index is -3.72. The Morgan fingerprint density at radius 3 is 2.14 bits per heavy atom. The maximum atomic E-state index is 12.7. The van der Waals surface area contributed by atoms with E-state index in [1.54, 1.807) is 24.3 Å². The van der Waals surface area contributed by atoms with Crippen LogP contribution in [0.4, 0.5) is 11.4 Å². The van der Waals surface area contributed by atoms with Gasteiger partial charge >= 0.3 is 0 Å². The lowest BCUT2D eigenvalue weighted by Gasteiger charge is -2.20. The summed E-state index contributed by atoms with van der Waals surface area (Å²) in [6, 6.07) is 19.8. The van der Waals surface area contributed by atoms with Crippen LogP contribution in [-0.2, 0) is 10.0 Å². The zero-order valence-corrected chi connectivity index (χ0v) is 17.0. The number of rotatable bonds is 5. The van der Waals surface area contributed by atoms with Crippen LogP contribution in [0.1, 0.15) is 15.9 Å². The zero-order valence-electron chi connectivity index (χ0n) is 15.4. The first-order valence-electron chi connectivity index (χ1n) is 8.50. The number of nitrogens with zero attached hydrogens (tertiary/aromatic N) is 1. The van der Waals surface area contributed by atoms with E-state index >= 15 is 0 Å². The Morgan fingerprint density at radius 2 is 1.54 bits per heavy atom. The normalized spacial score (nSPS) is 11.1. The Labute approximate surface area is 169 Å². The van der Waals surface area contributed by atoms with E-state index in [2.05, 4.69) is 5.32 Å². The van der Waals surface area contributed by atoms with Crippen molar-refractivity contribution in [3.8, 4) is 0 Å². The SMILES string of the molecule is Cc1ccccc1NC(=O)c1ccc(N(C)S(=O)(=O)c2ccc(Cl)cc2)cc1. The van der Waals surface area contributed by atoms with Crippen molar-refractivity contribution in [1.29, 1.82) is 0 Å². The molecule has 5 nitrogen and oxygen atoms in total. The summed E-state index contributed by atoms with van der Waals surface area (Å²) in [6.07, 6.45) is 0. The van der Waals surface area contributed by atoms with E-state index in [9.17, 15) is 13.2 Å². The summed E-state index contributed by atoms with van der Waals surface area (Å²) < 4.78 is 26.7. The van der Waals surface area contributed by atoms with Gasteiger partial charge < -0.3 is 5.32 Å².